The van der Waals surface area contributed by atoms with Crippen LogP contribution in [0.1, 0.15) is 5.69 Å². The Bertz CT molecular complexity index is 821. The molecule has 3 rings (SSSR count). The van der Waals surface area contributed by atoms with Gasteiger partial charge in [0.2, 0.25) is 0 Å². The summed E-state index contributed by atoms with van der Waals surface area (Å²) in [5.74, 6) is 0.785. The lowest BCUT2D eigenvalue weighted by Gasteiger charge is -2.08. The fourth-order valence-electron chi connectivity index (χ4n) is 2.12. The molecule has 0 amide bonds. The van der Waals surface area contributed by atoms with E-state index in [0.717, 1.165) is 15.9 Å². The molecule has 0 N–H and O–H groups in total. The van der Waals surface area contributed by atoms with Gasteiger partial charge in [0.1, 0.15) is 17.9 Å². The van der Waals surface area contributed by atoms with Crippen LogP contribution in [0.25, 0.3) is 5.52 Å². The molecule has 0 bridgehead atoms. The number of hydrogen-bond donors (Lipinski definition) is 0. The lowest BCUT2D eigenvalue weighted by atomic mass is 10.3. The minimum Gasteiger partial charge on any atom is -0.492 e. The number of ether oxygens (including phenoxy) is 1. The van der Waals surface area contributed by atoms with Crippen LogP contribution in [0.5, 0.6) is 5.75 Å². The molecule has 0 spiro atoms. The molecule has 2 aromatic heterocycles. The summed E-state index contributed by atoms with van der Waals surface area (Å²) in [5, 5.41) is 4.22. The van der Waals surface area contributed by atoms with E-state index in [9.17, 15) is 4.79 Å². The summed E-state index contributed by atoms with van der Waals surface area (Å²) in [6.07, 6.45) is 3.51. The molecule has 0 saturated carbocycles. The molecule has 0 fully saturated rings. The van der Waals surface area contributed by atoms with Crippen LogP contribution in [-0.2, 0) is 6.54 Å². The zero-order valence-corrected chi connectivity index (χ0v) is 13.1. The van der Waals surface area contributed by atoms with Crippen molar-refractivity contribution >= 4 is 21.4 Å². The van der Waals surface area contributed by atoms with Gasteiger partial charge in [-0.25, -0.2) is 4.52 Å². The maximum atomic E-state index is 12.3. The molecule has 0 radical (unpaired) electrons. The molecule has 5 nitrogen and oxygen atoms in total. The maximum Gasteiger partial charge on any atom is 0.276 e. The van der Waals surface area contributed by atoms with E-state index >= 15 is 0 Å². The van der Waals surface area contributed by atoms with Crippen molar-refractivity contribution in [1.82, 2.24) is 14.2 Å². The third kappa shape index (κ3) is 3.00. The van der Waals surface area contributed by atoms with Crippen LogP contribution >= 0.6 is 15.9 Å². The Morgan fingerprint density at radius 1 is 1.24 bits per heavy atom. The van der Waals surface area contributed by atoms with Crippen molar-refractivity contribution in [2.24, 2.45) is 0 Å². The number of aromatic nitrogens is 3. The Kier molecular flexibility index (Phi) is 3.79. The van der Waals surface area contributed by atoms with Crippen LogP contribution in [0.4, 0.5) is 0 Å². The van der Waals surface area contributed by atoms with Gasteiger partial charge in [0, 0.05) is 16.9 Å². The van der Waals surface area contributed by atoms with Gasteiger partial charge in [-0.05, 0) is 37.3 Å². The summed E-state index contributed by atoms with van der Waals surface area (Å²) < 4.78 is 9.88. The van der Waals surface area contributed by atoms with Crippen LogP contribution < -0.4 is 10.3 Å². The van der Waals surface area contributed by atoms with Crippen LogP contribution in [-0.4, -0.2) is 20.8 Å². The van der Waals surface area contributed by atoms with Gasteiger partial charge in [-0.1, -0.05) is 15.9 Å². The summed E-state index contributed by atoms with van der Waals surface area (Å²) in [4.78, 5) is 12.3. The van der Waals surface area contributed by atoms with Gasteiger partial charge >= 0.3 is 0 Å². The van der Waals surface area contributed by atoms with E-state index in [1.165, 1.54) is 0 Å². The second-order valence-corrected chi connectivity index (χ2v) is 5.63. The van der Waals surface area contributed by atoms with Gasteiger partial charge in [-0.2, -0.15) is 5.10 Å². The molecule has 0 aliphatic rings. The first-order valence-electron chi connectivity index (χ1n) is 6.57. The van der Waals surface area contributed by atoms with Gasteiger partial charge in [0.15, 0.2) is 0 Å². The predicted octanol–water partition coefficient (Wildman–Crippen LogP) is 2.65. The van der Waals surface area contributed by atoms with E-state index in [2.05, 4.69) is 21.0 Å². The van der Waals surface area contributed by atoms with Crippen molar-refractivity contribution in [3.05, 3.63) is 63.2 Å². The number of fused-ring (bicyclic) bond motifs is 1. The Labute approximate surface area is 129 Å². The topological polar surface area (TPSA) is 48.5 Å². The minimum atomic E-state index is -0.0579. The summed E-state index contributed by atoms with van der Waals surface area (Å²) in [5.41, 5.74) is 1.35. The fraction of sp³-hybridized carbons (Fsp3) is 0.200. The Balaban J connectivity index is 1.72. The number of halogens is 1. The van der Waals surface area contributed by atoms with Crippen molar-refractivity contribution < 1.29 is 4.74 Å². The fourth-order valence-corrected chi connectivity index (χ4v) is 2.38. The summed E-state index contributed by atoms with van der Waals surface area (Å²) in [6, 6.07) is 9.40. The van der Waals surface area contributed by atoms with E-state index in [1.54, 1.807) is 27.5 Å². The SMILES string of the molecule is Cc1cc2c(=O)n(CCOc3ccc(Br)cc3)ccn2n1. The third-order valence-electron chi connectivity index (χ3n) is 3.14. The number of rotatable bonds is 4. The number of benzene rings is 1. The van der Waals surface area contributed by atoms with Crippen molar-refractivity contribution in [3.8, 4) is 5.75 Å². The number of aryl methyl sites for hydroxylation is 1. The Hall–Kier alpha value is -2.08. The molecule has 6 heteroatoms. The number of hydrogen-bond acceptors (Lipinski definition) is 3. The van der Waals surface area contributed by atoms with Gasteiger partial charge in [-0.15, -0.1) is 0 Å². The largest absolute Gasteiger partial charge is 0.492 e. The van der Waals surface area contributed by atoms with Gasteiger partial charge in [0.05, 0.1) is 12.2 Å². The highest BCUT2D eigenvalue weighted by Gasteiger charge is 2.05. The van der Waals surface area contributed by atoms with Crippen LogP contribution in [0, 0.1) is 6.92 Å². The lowest BCUT2D eigenvalue weighted by Crippen LogP contribution is -2.24. The monoisotopic (exact) mass is 347 g/mol. The maximum absolute atomic E-state index is 12.3. The zero-order chi connectivity index (χ0) is 14.8. The second kappa shape index (κ2) is 5.73. The quantitative estimate of drug-likeness (QED) is 0.728. The first-order chi connectivity index (χ1) is 10.1. The lowest BCUT2D eigenvalue weighted by molar-refractivity contribution is 0.296. The van der Waals surface area contributed by atoms with Crippen molar-refractivity contribution in [2.75, 3.05) is 6.61 Å². The average Bonchev–Trinajstić information content (AvgIpc) is 2.85. The smallest absolute Gasteiger partial charge is 0.276 e. The van der Waals surface area contributed by atoms with Gasteiger partial charge in [0.25, 0.3) is 5.56 Å². The third-order valence-corrected chi connectivity index (χ3v) is 3.67. The van der Waals surface area contributed by atoms with E-state index in [0.29, 0.717) is 18.7 Å². The van der Waals surface area contributed by atoms with E-state index in [1.807, 2.05) is 31.2 Å². The molecule has 0 aliphatic heterocycles. The molecule has 0 unspecified atom stereocenters. The molecule has 108 valence electrons. The first-order valence-corrected chi connectivity index (χ1v) is 7.36. The van der Waals surface area contributed by atoms with Gasteiger partial charge < -0.3 is 9.30 Å². The molecule has 2 heterocycles. The normalized spacial score (nSPS) is 11.0. The van der Waals surface area contributed by atoms with Crippen molar-refractivity contribution in [3.63, 3.8) is 0 Å². The molecular formula is C15H14BrN3O2. The summed E-state index contributed by atoms with van der Waals surface area (Å²) in [7, 11) is 0. The molecule has 3 aromatic rings. The van der Waals surface area contributed by atoms with E-state index in [-0.39, 0.29) is 5.56 Å². The minimum absolute atomic E-state index is 0.0579. The first kappa shape index (κ1) is 13.9. The van der Waals surface area contributed by atoms with E-state index < -0.39 is 0 Å². The summed E-state index contributed by atoms with van der Waals surface area (Å²) >= 11 is 3.38. The summed E-state index contributed by atoms with van der Waals surface area (Å²) in [6.45, 7) is 2.80. The molecule has 21 heavy (non-hydrogen) atoms. The predicted molar refractivity (Wildman–Crippen MR) is 83.8 cm³/mol. The Morgan fingerprint density at radius 2 is 2.00 bits per heavy atom. The molecule has 1 aromatic carbocycles. The standard InChI is InChI=1S/C15H14BrN3O2/c1-11-10-14-15(20)18(6-7-19(14)17-11)8-9-21-13-4-2-12(16)3-5-13/h2-7,10H,8-9H2,1H3. The highest BCUT2D eigenvalue weighted by atomic mass is 79.9. The highest BCUT2D eigenvalue weighted by molar-refractivity contribution is 9.10. The van der Waals surface area contributed by atoms with Gasteiger partial charge in [-0.3, -0.25) is 4.79 Å². The average molecular weight is 348 g/mol. The van der Waals surface area contributed by atoms with Crippen molar-refractivity contribution in [1.29, 1.82) is 0 Å². The second-order valence-electron chi connectivity index (χ2n) is 4.71. The van der Waals surface area contributed by atoms with Crippen molar-refractivity contribution in [2.45, 2.75) is 13.5 Å². The zero-order valence-electron chi connectivity index (χ0n) is 11.5. The van der Waals surface area contributed by atoms with Crippen LogP contribution in [0.15, 0.2) is 52.0 Å². The Morgan fingerprint density at radius 3 is 2.76 bits per heavy atom. The molecule has 0 saturated heterocycles. The van der Waals surface area contributed by atoms with Crippen LogP contribution in [0.2, 0.25) is 0 Å². The highest BCUT2D eigenvalue weighted by Crippen LogP contribution is 2.15. The molecule has 0 aliphatic carbocycles. The number of nitrogens with zero attached hydrogens (tertiary/aromatic N) is 3. The van der Waals surface area contributed by atoms with E-state index in [4.69, 9.17) is 4.74 Å². The molecular weight excluding hydrogens is 334 g/mol. The van der Waals surface area contributed by atoms with Crippen LogP contribution in [0.3, 0.4) is 0 Å². The molecule has 0 atom stereocenters.